The topological polar surface area (TPSA) is 95.5 Å². The number of hydrogen-bond donors (Lipinski definition) is 3. The van der Waals surface area contributed by atoms with Crippen molar-refractivity contribution in [1.29, 1.82) is 0 Å². The van der Waals surface area contributed by atoms with E-state index < -0.39 is 17.8 Å². The minimum absolute atomic E-state index is 0.148. The molecule has 6 heteroatoms. The van der Waals surface area contributed by atoms with E-state index in [2.05, 4.69) is 10.6 Å². The van der Waals surface area contributed by atoms with Gasteiger partial charge in [-0.1, -0.05) is 12.8 Å². The molecule has 102 valence electrons. The molecule has 0 unspecified atom stereocenters. The minimum Gasteiger partial charge on any atom is -0.481 e. The third-order valence-corrected chi connectivity index (χ3v) is 3.22. The molecule has 0 heterocycles. The van der Waals surface area contributed by atoms with Crippen molar-refractivity contribution >= 4 is 17.8 Å². The van der Waals surface area contributed by atoms with Gasteiger partial charge in [0.1, 0.15) is 0 Å². The van der Waals surface area contributed by atoms with Crippen molar-refractivity contribution in [3.8, 4) is 0 Å². The lowest BCUT2D eigenvalue weighted by molar-refractivity contribution is -0.148. The van der Waals surface area contributed by atoms with Gasteiger partial charge < -0.3 is 15.7 Å². The Kier molecular flexibility index (Phi) is 5.61. The third kappa shape index (κ3) is 4.35. The maximum atomic E-state index is 11.9. The SMILES string of the molecule is CC(=O)NCCNC(=O)[C@@H]1CCCC[C@@H]1C(=O)O. The molecule has 1 saturated carbocycles. The molecule has 0 radical (unpaired) electrons. The third-order valence-electron chi connectivity index (χ3n) is 3.22. The van der Waals surface area contributed by atoms with Crippen molar-refractivity contribution in [1.82, 2.24) is 10.6 Å². The number of nitrogens with one attached hydrogen (secondary N) is 2. The first-order valence-electron chi connectivity index (χ1n) is 6.27. The first kappa shape index (κ1) is 14.5. The molecule has 0 aromatic heterocycles. The highest BCUT2D eigenvalue weighted by molar-refractivity contribution is 5.84. The fourth-order valence-electron chi connectivity index (χ4n) is 2.30. The molecule has 6 nitrogen and oxygen atoms in total. The van der Waals surface area contributed by atoms with Crippen LogP contribution in [0.25, 0.3) is 0 Å². The van der Waals surface area contributed by atoms with Gasteiger partial charge in [-0.3, -0.25) is 14.4 Å². The Morgan fingerprint density at radius 1 is 1.06 bits per heavy atom. The molecular weight excluding hydrogens is 236 g/mol. The van der Waals surface area contributed by atoms with Crippen LogP contribution in [0.3, 0.4) is 0 Å². The zero-order valence-corrected chi connectivity index (χ0v) is 10.6. The van der Waals surface area contributed by atoms with Gasteiger partial charge >= 0.3 is 5.97 Å². The summed E-state index contributed by atoms with van der Waals surface area (Å²) in [5.74, 6) is -2.26. The molecule has 0 aliphatic heterocycles. The van der Waals surface area contributed by atoms with Crippen LogP contribution in [0.4, 0.5) is 0 Å². The number of aliphatic carboxylic acids is 1. The van der Waals surface area contributed by atoms with E-state index in [4.69, 9.17) is 5.11 Å². The van der Waals surface area contributed by atoms with Crippen molar-refractivity contribution < 1.29 is 19.5 Å². The Labute approximate surface area is 106 Å². The maximum absolute atomic E-state index is 11.9. The van der Waals surface area contributed by atoms with Gasteiger partial charge in [-0.15, -0.1) is 0 Å². The molecule has 0 bridgehead atoms. The zero-order valence-electron chi connectivity index (χ0n) is 10.6. The molecular formula is C12H20N2O4. The predicted octanol–water partition coefficient (Wildman–Crippen LogP) is 0.130. The molecule has 0 aromatic carbocycles. The molecule has 1 rings (SSSR count). The van der Waals surface area contributed by atoms with Gasteiger partial charge in [-0.25, -0.2) is 0 Å². The summed E-state index contributed by atoms with van der Waals surface area (Å²) in [6.07, 6.45) is 2.96. The summed E-state index contributed by atoms with van der Waals surface area (Å²) in [5.41, 5.74) is 0. The van der Waals surface area contributed by atoms with Crippen LogP contribution in [0.1, 0.15) is 32.6 Å². The molecule has 2 amide bonds. The second kappa shape index (κ2) is 6.98. The van der Waals surface area contributed by atoms with E-state index >= 15 is 0 Å². The Morgan fingerprint density at radius 2 is 1.61 bits per heavy atom. The summed E-state index contributed by atoms with van der Waals surface area (Å²) in [7, 11) is 0. The number of hydrogen-bond acceptors (Lipinski definition) is 3. The van der Waals surface area contributed by atoms with Gasteiger partial charge in [0, 0.05) is 20.0 Å². The van der Waals surface area contributed by atoms with Crippen LogP contribution in [0, 0.1) is 11.8 Å². The normalized spacial score (nSPS) is 23.2. The van der Waals surface area contributed by atoms with Gasteiger partial charge in [-0.05, 0) is 12.8 Å². The van der Waals surface area contributed by atoms with Crippen LogP contribution in [0.5, 0.6) is 0 Å². The standard InChI is InChI=1S/C12H20N2O4/c1-8(15)13-6-7-14-11(16)9-4-2-3-5-10(9)12(17)18/h9-10H,2-7H2,1H3,(H,13,15)(H,14,16)(H,17,18)/t9-,10+/m1/s1. The quantitative estimate of drug-likeness (QED) is 0.609. The van der Waals surface area contributed by atoms with E-state index in [1.54, 1.807) is 0 Å². The monoisotopic (exact) mass is 256 g/mol. The van der Waals surface area contributed by atoms with E-state index in [1.807, 2.05) is 0 Å². The van der Waals surface area contributed by atoms with Gasteiger partial charge in [0.2, 0.25) is 11.8 Å². The summed E-state index contributed by atoms with van der Waals surface area (Å²) in [5, 5.41) is 14.3. The van der Waals surface area contributed by atoms with Crippen LogP contribution >= 0.6 is 0 Å². The number of carbonyl (C=O) groups excluding carboxylic acids is 2. The highest BCUT2D eigenvalue weighted by Gasteiger charge is 2.35. The average molecular weight is 256 g/mol. The smallest absolute Gasteiger partial charge is 0.307 e. The second-order valence-corrected chi connectivity index (χ2v) is 4.61. The van der Waals surface area contributed by atoms with Gasteiger partial charge in [0.25, 0.3) is 0 Å². The van der Waals surface area contributed by atoms with Gasteiger partial charge in [0.15, 0.2) is 0 Å². The van der Waals surface area contributed by atoms with Gasteiger partial charge in [0.05, 0.1) is 11.8 Å². The summed E-state index contributed by atoms with van der Waals surface area (Å²) < 4.78 is 0. The van der Waals surface area contributed by atoms with E-state index in [9.17, 15) is 14.4 Å². The summed E-state index contributed by atoms with van der Waals surface area (Å²) in [6.45, 7) is 2.11. The lowest BCUT2D eigenvalue weighted by atomic mass is 9.79. The lowest BCUT2D eigenvalue weighted by Crippen LogP contribution is -2.42. The molecule has 0 saturated heterocycles. The number of carbonyl (C=O) groups is 3. The van der Waals surface area contributed by atoms with Crippen molar-refractivity contribution in [2.75, 3.05) is 13.1 Å². The second-order valence-electron chi connectivity index (χ2n) is 4.61. The first-order chi connectivity index (χ1) is 8.52. The van der Waals surface area contributed by atoms with Crippen LogP contribution in [-0.4, -0.2) is 36.0 Å². The molecule has 0 spiro atoms. The highest BCUT2D eigenvalue weighted by atomic mass is 16.4. The molecule has 18 heavy (non-hydrogen) atoms. The average Bonchev–Trinajstić information content (AvgIpc) is 2.34. The Balaban J connectivity index is 2.38. The summed E-state index contributed by atoms with van der Waals surface area (Å²) in [4.78, 5) is 33.6. The van der Waals surface area contributed by atoms with Crippen molar-refractivity contribution in [2.24, 2.45) is 11.8 Å². The minimum atomic E-state index is -0.892. The van der Waals surface area contributed by atoms with Crippen LogP contribution < -0.4 is 10.6 Å². The first-order valence-corrected chi connectivity index (χ1v) is 6.27. The fourth-order valence-corrected chi connectivity index (χ4v) is 2.30. The highest BCUT2D eigenvalue weighted by Crippen LogP contribution is 2.30. The van der Waals surface area contributed by atoms with E-state index in [1.165, 1.54) is 6.92 Å². The zero-order chi connectivity index (χ0) is 13.5. The molecule has 2 atom stereocenters. The largest absolute Gasteiger partial charge is 0.481 e. The van der Waals surface area contributed by atoms with E-state index in [0.717, 1.165) is 12.8 Å². The molecule has 0 aromatic rings. The Bertz CT molecular complexity index is 330. The van der Waals surface area contributed by atoms with Gasteiger partial charge in [-0.2, -0.15) is 0 Å². The Hall–Kier alpha value is -1.59. The number of carboxylic acid groups (broad SMARTS) is 1. The summed E-state index contributed by atoms with van der Waals surface area (Å²) in [6, 6.07) is 0. The molecule has 1 aliphatic carbocycles. The van der Waals surface area contributed by atoms with Crippen molar-refractivity contribution in [2.45, 2.75) is 32.6 Å². The van der Waals surface area contributed by atoms with Crippen LogP contribution in [0.2, 0.25) is 0 Å². The lowest BCUT2D eigenvalue weighted by Gasteiger charge is -2.27. The van der Waals surface area contributed by atoms with E-state index in [-0.39, 0.29) is 11.8 Å². The summed E-state index contributed by atoms with van der Waals surface area (Å²) >= 11 is 0. The van der Waals surface area contributed by atoms with Crippen LogP contribution in [0.15, 0.2) is 0 Å². The Morgan fingerprint density at radius 3 is 2.17 bits per heavy atom. The fraction of sp³-hybridized carbons (Fsp3) is 0.750. The molecule has 1 aliphatic rings. The van der Waals surface area contributed by atoms with Crippen LogP contribution in [-0.2, 0) is 14.4 Å². The predicted molar refractivity (Wildman–Crippen MR) is 64.8 cm³/mol. The molecule has 1 fully saturated rings. The van der Waals surface area contributed by atoms with Crippen molar-refractivity contribution in [3.05, 3.63) is 0 Å². The number of amides is 2. The molecule has 3 N–H and O–H groups in total. The van der Waals surface area contributed by atoms with E-state index in [0.29, 0.717) is 25.9 Å². The number of rotatable bonds is 5. The maximum Gasteiger partial charge on any atom is 0.307 e. The van der Waals surface area contributed by atoms with Crippen molar-refractivity contribution in [3.63, 3.8) is 0 Å². The number of carboxylic acids is 1.